The molecule has 60 heavy (non-hydrogen) atoms. The molecule has 0 aliphatic carbocycles. The first kappa shape index (κ1) is 47.0. The number of carbonyl (C=O) groups is 5. The second-order valence-electron chi connectivity index (χ2n) is 15.6. The van der Waals surface area contributed by atoms with Crippen LogP contribution in [0.5, 0.6) is 11.5 Å². The van der Waals surface area contributed by atoms with Gasteiger partial charge in [-0.2, -0.15) is 0 Å². The van der Waals surface area contributed by atoms with Crippen molar-refractivity contribution in [3.05, 3.63) is 95.1 Å². The first-order valence-electron chi connectivity index (χ1n) is 21.3. The van der Waals surface area contributed by atoms with Gasteiger partial charge < -0.3 is 36.6 Å². The molecule has 13 nitrogen and oxygen atoms in total. The number of likely N-dealkylation sites (N-methyl/N-ethyl adjacent to an activating group) is 1. The number of carboxylic acid groups (broad SMARTS) is 1. The third-order valence-electron chi connectivity index (χ3n) is 10.9. The number of hydrogen-bond donors (Lipinski definition) is 7. The zero-order valence-electron chi connectivity index (χ0n) is 35.3. The van der Waals surface area contributed by atoms with Gasteiger partial charge in [-0.1, -0.05) is 101 Å². The van der Waals surface area contributed by atoms with Crippen molar-refractivity contribution < 1.29 is 39.3 Å². The van der Waals surface area contributed by atoms with Crippen LogP contribution in [0.2, 0.25) is 0 Å². The smallest absolute Gasteiger partial charge is 0.326 e. The molecule has 7 N–H and O–H groups in total. The summed E-state index contributed by atoms with van der Waals surface area (Å²) in [4.78, 5) is 65.2. The predicted octanol–water partition coefficient (Wildman–Crippen LogP) is 6.04. The maximum absolute atomic E-state index is 13.6. The summed E-state index contributed by atoms with van der Waals surface area (Å²) < 4.78 is 0. The van der Waals surface area contributed by atoms with Crippen molar-refractivity contribution in [2.45, 2.75) is 109 Å². The minimum absolute atomic E-state index is 0.0577. The Morgan fingerprint density at radius 3 is 2.22 bits per heavy atom. The van der Waals surface area contributed by atoms with Crippen LogP contribution in [0.4, 0.5) is 0 Å². The highest BCUT2D eigenvalue weighted by molar-refractivity contribution is 5.91. The monoisotopic (exact) mass is 825 g/mol. The Bertz CT molecular complexity index is 1930. The van der Waals surface area contributed by atoms with Gasteiger partial charge in [0.2, 0.25) is 23.6 Å². The van der Waals surface area contributed by atoms with E-state index in [9.17, 15) is 39.3 Å². The molecule has 3 unspecified atom stereocenters. The normalized spacial score (nSPS) is 16.1. The number of amides is 4. The molecule has 0 spiro atoms. The number of aliphatic carboxylic acids is 1. The van der Waals surface area contributed by atoms with Gasteiger partial charge in [-0.3, -0.25) is 24.1 Å². The third-order valence-corrected chi connectivity index (χ3v) is 10.9. The number of phenolic OH excluding ortho intramolecular Hbond substituents is 2. The van der Waals surface area contributed by atoms with Gasteiger partial charge in [0.1, 0.15) is 23.6 Å². The number of carboxylic acids is 1. The molecule has 0 saturated heterocycles. The zero-order chi connectivity index (χ0) is 43.4. The van der Waals surface area contributed by atoms with Gasteiger partial charge in [0.25, 0.3) is 0 Å². The summed E-state index contributed by atoms with van der Waals surface area (Å²) in [5, 5.41) is 41.9. The number of unbranched alkanes of at least 4 members (excludes halogenated alkanes) is 6. The summed E-state index contributed by atoms with van der Waals surface area (Å²) in [6.07, 6.45) is 15.2. The maximum atomic E-state index is 13.6. The van der Waals surface area contributed by atoms with E-state index in [0.29, 0.717) is 11.1 Å². The Balaban J connectivity index is 1.26. The lowest BCUT2D eigenvalue weighted by atomic mass is 9.94. The van der Waals surface area contributed by atoms with Crippen molar-refractivity contribution in [3.63, 3.8) is 0 Å². The lowest BCUT2D eigenvalue weighted by Crippen LogP contribution is -2.48. The van der Waals surface area contributed by atoms with Crippen molar-refractivity contribution in [3.8, 4) is 22.6 Å². The molecular weight excluding hydrogens is 763 g/mol. The van der Waals surface area contributed by atoms with Crippen molar-refractivity contribution >= 4 is 29.6 Å². The molecule has 3 aromatic rings. The van der Waals surface area contributed by atoms with Crippen LogP contribution in [0.15, 0.2) is 72.8 Å². The van der Waals surface area contributed by atoms with Gasteiger partial charge in [-0.05, 0) is 72.8 Å². The molecule has 4 rings (SSSR count). The number of allylic oxidation sites excluding steroid dienone is 1. The van der Waals surface area contributed by atoms with E-state index in [-0.39, 0.29) is 79.3 Å². The molecule has 1 heterocycles. The third kappa shape index (κ3) is 14.8. The molecule has 0 fully saturated rings. The largest absolute Gasteiger partial charge is 0.507 e. The first-order valence-corrected chi connectivity index (χ1v) is 21.3. The Hall–Kier alpha value is -5.69. The number of aromatic hydroxyl groups is 2. The predicted molar refractivity (Wildman–Crippen MR) is 232 cm³/mol. The first-order chi connectivity index (χ1) is 28.9. The van der Waals surface area contributed by atoms with E-state index in [1.54, 1.807) is 24.1 Å². The Labute approximate surface area is 354 Å². The fourth-order valence-corrected chi connectivity index (χ4v) is 7.43. The summed E-state index contributed by atoms with van der Waals surface area (Å²) in [6.45, 7) is 4.40. The minimum Gasteiger partial charge on any atom is -0.507 e. The standard InChI is InChI=1S/C47H63N5O8/c1-4-6-7-8-9-10-11-13-32-16-19-35(20-17-32)34(5-2)14-12-15-42(55)48-25-24-43(56)49-26-27-52(3)45-36-21-23-41(54)38(30-36)37-28-33(18-22-40(37)53)29-39(47(59)60)51-44(57)31-50-46(45)58/h12,14,16-23,28,30,34,39,45,53-54H,4-11,13,15,24-27,29,31H2,1-3H3,(H,48,55)(H,49,56)(H,50,58)(H,51,57)(H,59,60)/b14-12-. The van der Waals surface area contributed by atoms with Crippen molar-refractivity contribution in [1.82, 2.24) is 26.2 Å². The number of phenols is 2. The number of rotatable bonds is 21. The van der Waals surface area contributed by atoms with E-state index in [0.717, 1.165) is 12.8 Å². The van der Waals surface area contributed by atoms with Crippen LogP contribution in [0.25, 0.3) is 11.1 Å². The number of nitrogens with zero attached hydrogens (tertiary/aromatic N) is 1. The topological polar surface area (TPSA) is 197 Å². The van der Waals surface area contributed by atoms with Gasteiger partial charge in [0.05, 0.1) is 6.54 Å². The van der Waals surface area contributed by atoms with Crippen LogP contribution in [0, 0.1) is 0 Å². The number of aryl methyl sites for hydroxylation is 1. The van der Waals surface area contributed by atoms with Crippen LogP contribution in [-0.2, 0) is 36.8 Å². The molecule has 3 aromatic carbocycles. The molecule has 1 aliphatic heterocycles. The van der Waals surface area contributed by atoms with Gasteiger partial charge in [-0.15, -0.1) is 0 Å². The lowest BCUT2D eigenvalue weighted by molar-refractivity contribution is -0.141. The number of hydrogen-bond acceptors (Lipinski definition) is 8. The van der Waals surface area contributed by atoms with E-state index in [1.807, 2.05) is 6.08 Å². The molecule has 3 atom stereocenters. The second-order valence-corrected chi connectivity index (χ2v) is 15.6. The van der Waals surface area contributed by atoms with Gasteiger partial charge in [0, 0.05) is 55.9 Å². The fourth-order valence-electron chi connectivity index (χ4n) is 7.43. The van der Waals surface area contributed by atoms with Gasteiger partial charge in [-0.25, -0.2) is 4.79 Å². The molecule has 0 saturated carbocycles. The maximum Gasteiger partial charge on any atom is 0.326 e. The van der Waals surface area contributed by atoms with Crippen LogP contribution >= 0.6 is 0 Å². The average Bonchev–Trinajstić information content (AvgIpc) is 3.22. The fraction of sp³-hybridized carbons (Fsp3) is 0.468. The summed E-state index contributed by atoms with van der Waals surface area (Å²) in [7, 11) is 1.66. The second kappa shape index (κ2) is 24.4. The number of benzene rings is 3. The number of fused-ring (bicyclic) bond motifs is 5. The number of carbonyl (C=O) groups excluding carboxylic acids is 4. The van der Waals surface area contributed by atoms with Crippen LogP contribution < -0.4 is 21.3 Å². The van der Waals surface area contributed by atoms with E-state index < -0.39 is 36.4 Å². The highest BCUT2D eigenvalue weighted by Crippen LogP contribution is 2.38. The van der Waals surface area contributed by atoms with Gasteiger partial charge >= 0.3 is 5.97 Å². The SMILES string of the molecule is CCCCCCCCCc1ccc(C(/C=C\CC(=O)NCCC(=O)NCCN(C)C2C(=O)NCC(=O)NC(C(=O)O)Cc3ccc(O)c(c3)-c3cc2ccc3O)CC)cc1. The molecule has 0 radical (unpaired) electrons. The minimum atomic E-state index is -1.31. The summed E-state index contributed by atoms with van der Waals surface area (Å²) in [6, 6.07) is 15.5. The van der Waals surface area contributed by atoms with E-state index in [2.05, 4.69) is 65.5 Å². The van der Waals surface area contributed by atoms with Crippen molar-refractivity contribution in [2.24, 2.45) is 0 Å². The highest BCUT2D eigenvalue weighted by Gasteiger charge is 2.29. The molecule has 0 aromatic heterocycles. The van der Waals surface area contributed by atoms with Gasteiger partial charge in [0.15, 0.2) is 0 Å². The summed E-state index contributed by atoms with van der Waals surface area (Å²) in [5.74, 6) is -3.15. The van der Waals surface area contributed by atoms with Crippen LogP contribution in [0.1, 0.15) is 112 Å². The summed E-state index contributed by atoms with van der Waals surface area (Å²) in [5.41, 5.74) is 3.96. The average molecular weight is 826 g/mol. The Kier molecular flexibility index (Phi) is 19.1. The van der Waals surface area contributed by atoms with E-state index in [1.165, 1.54) is 80.3 Å². The Morgan fingerprint density at radius 2 is 1.52 bits per heavy atom. The Morgan fingerprint density at radius 1 is 0.850 bits per heavy atom. The highest BCUT2D eigenvalue weighted by atomic mass is 16.4. The zero-order valence-corrected chi connectivity index (χ0v) is 35.3. The van der Waals surface area contributed by atoms with Crippen molar-refractivity contribution in [2.75, 3.05) is 33.2 Å². The summed E-state index contributed by atoms with van der Waals surface area (Å²) >= 11 is 0. The molecule has 4 bridgehead atoms. The van der Waals surface area contributed by atoms with Crippen LogP contribution in [-0.4, -0.2) is 89.1 Å². The van der Waals surface area contributed by atoms with E-state index in [4.69, 9.17) is 0 Å². The molecular formula is C47H63N5O8. The molecule has 13 heteroatoms. The number of nitrogens with one attached hydrogen (secondary N) is 4. The molecule has 1 aliphatic rings. The molecule has 324 valence electrons. The lowest BCUT2D eigenvalue weighted by Gasteiger charge is -2.28. The van der Waals surface area contributed by atoms with E-state index >= 15 is 0 Å². The van der Waals surface area contributed by atoms with Crippen LogP contribution in [0.3, 0.4) is 0 Å². The molecule has 4 amide bonds. The van der Waals surface area contributed by atoms with Crippen molar-refractivity contribution in [1.29, 1.82) is 0 Å². The quantitative estimate of drug-likeness (QED) is 0.0495.